The van der Waals surface area contributed by atoms with E-state index in [1.54, 1.807) is 14.2 Å². The monoisotopic (exact) mass is 342 g/mol. The van der Waals surface area contributed by atoms with Crippen LogP contribution < -0.4 is 9.47 Å². The average Bonchev–Trinajstić information content (AvgIpc) is 3.38. The van der Waals surface area contributed by atoms with Gasteiger partial charge in [-0.3, -0.25) is 0 Å². The third-order valence-corrected chi connectivity index (χ3v) is 4.20. The molecule has 25 heavy (non-hydrogen) atoms. The molecule has 0 spiro atoms. The molecule has 5 nitrogen and oxygen atoms in total. The maximum absolute atomic E-state index is 12.8. The molecule has 132 valence electrons. The van der Waals surface area contributed by atoms with Crippen molar-refractivity contribution in [1.82, 2.24) is 0 Å². The van der Waals surface area contributed by atoms with Crippen LogP contribution in [0.25, 0.3) is 0 Å². The van der Waals surface area contributed by atoms with Crippen molar-refractivity contribution >= 4 is 5.97 Å². The topological polar surface area (TPSA) is 57.3 Å². The number of esters is 1. The highest BCUT2D eigenvalue weighted by atomic mass is 16.7. The molecule has 1 aliphatic rings. The van der Waals surface area contributed by atoms with Crippen molar-refractivity contribution in [3.8, 4) is 11.5 Å². The summed E-state index contributed by atoms with van der Waals surface area (Å²) in [5, 5.41) is 0. The van der Waals surface area contributed by atoms with Crippen LogP contribution in [0.4, 0.5) is 0 Å². The first kappa shape index (κ1) is 17.3. The number of hydrogen-bond acceptors (Lipinski definition) is 5. The van der Waals surface area contributed by atoms with Crippen molar-refractivity contribution in [3.05, 3.63) is 59.7 Å². The van der Waals surface area contributed by atoms with Gasteiger partial charge in [-0.25, -0.2) is 4.79 Å². The molecule has 0 N–H and O–H groups in total. The van der Waals surface area contributed by atoms with E-state index in [2.05, 4.69) is 0 Å². The highest BCUT2D eigenvalue weighted by molar-refractivity contribution is 5.86. The molecule has 2 atom stereocenters. The van der Waals surface area contributed by atoms with Crippen LogP contribution in [-0.4, -0.2) is 26.3 Å². The largest absolute Gasteiger partial charge is 0.497 e. The molecule has 0 aromatic heterocycles. The van der Waals surface area contributed by atoms with Gasteiger partial charge in [-0.1, -0.05) is 24.3 Å². The third-order valence-electron chi connectivity index (χ3n) is 4.20. The Kier molecular flexibility index (Phi) is 4.68. The fourth-order valence-corrected chi connectivity index (χ4v) is 2.87. The first-order valence-electron chi connectivity index (χ1n) is 8.18. The molecule has 0 saturated carbocycles. The van der Waals surface area contributed by atoms with Gasteiger partial charge in [0.05, 0.1) is 20.3 Å². The smallest absolute Gasteiger partial charge is 0.346 e. The molecule has 0 amide bonds. The van der Waals surface area contributed by atoms with E-state index < -0.39 is 11.7 Å². The Bertz CT molecular complexity index is 736. The lowest BCUT2D eigenvalue weighted by Crippen LogP contribution is -2.28. The zero-order valence-electron chi connectivity index (χ0n) is 14.8. The highest BCUT2D eigenvalue weighted by Gasteiger charge is 2.66. The van der Waals surface area contributed by atoms with Gasteiger partial charge in [-0.2, -0.15) is 0 Å². The second-order valence-electron chi connectivity index (χ2n) is 6.19. The lowest BCUT2D eigenvalue weighted by molar-refractivity contribution is -0.154. The van der Waals surface area contributed by atoms with E-state index in [-0.39, 0.29) is 12.1 Å². The number of rotatable bonds is 6. The number of hydrogen-bond donors (Lipinski definition) is 0. The predicted octanol–water partition coefficient (Wildman–Crippen LogP) is 3.62. The summed E-state index contributed by atoms with van der Waals surface area (Å²) in [5.74, 6) is 1.09. The summed E-state index contributed by atoms with van der Waals surface area (Å²) in [6.45, 7) is 3.65. The summed E-state index contributed by atoms with van der Waals surface area (Å²) in [7, 11) is 3.22. The van der Waals surface area contributed by atoms with E-state index in [4.69, 9.17) is 18.9 Å². The second-order valence-corrected chi connectivity index (χ2v) is 6.19. The van der Waals surface area contributed by atoms with Gasteiger partial charge >= 0.3 is 5.97 Å². The van der Waals surface area contributed by atoms with Crippen LogP contribution >= 0.6 is 0 Å². The van der Waals surface area contributed by atoms with Crippen LogP contribution in [0.3, 0.4) is 0 Å². The standard InChI is InChI=1S/C20H22O5/c1-13(2)24-19(21)20(15-7-11-17(23-4)12-8-15)18(25-20)14-5-9-16(22-3)10-6-14/h5-13,18H,1-4H3. The molecule has 2 aromatic carbocycles. The molecule has 1 fully saturated rings. The molecule has 0 radical (unpaired) electrons. The normalized spacial score (nSPS) is 21.7. The van der Waals surface area contributed by atoms with Crippen molar-refractivity contribution in [2.24, 2.45) is 0 Å². The molecule has 3 rings (SSSR count). The Hall–Kier alpha value is -2.53. The van der Waals surface area contributed by atoms with Crippen LogP contribution in [0.5, 0.6) is 11.5 Å². The van der Waals surface area contributed by atoms with E-state index >= 15 is 0 Å². The Labute approximate surface area is 147 Å². The third kappa shape index (κ3) is 3.20. The molecular weight excluding hydrogens is 320 g/mol. The number of carbonyl (C=O) groups excluding carboxylic acids is 1. The first-order chi connectivity index (χ1) is 12.0. The van der Waals surface area contributed by atoms with Gasteiger partial charge in [0, 0.05) is 0 Å². The van der Waals surface area contributed by atoms with E-state index in [1.807, 2.05) is 62.4 Å². The number of methoxy groups -OCH3 is 2. The van der Waals surface area contributed by atoms with Crippen molar-refractivity contribution in [3.63, 3.8) is 0 Å². The fourth-order valence-electron chi connectivity index (χ4n) is 2.87. The summed E-state index contributed by atoms with van der Waals surface area (Å²) in [4.78, 5) is 12.8. The lowest BCUT2D eigenvalue weighted by atomic mass is 9.91. The number of epoxide rings is 1. The Morgan fingerprint density at radius 1 is 0.960 bits per heavy atom. The average molecular weight is 342 g/mol. The van der Waals surface area contributed by atoms with Crippen molar-refractivity contribution in [2.45, 2.75) is 31.7 Å². The van der Waals surface area contributed by atoms with Crippen LogP contribution in [0.1, 0.15) is 31.1 Å². The molecule has 0 bridgehead atoms. The minimum absolute atomic E-state index is 0.219. The summed E-state index contributed by atoms with van der Waals surface area (Å²) in [6, 6.07) is 14.8. The van der Waals surface area contributed by atoms with Crippen molar-refractivity contribution < 1.29 is 23.7 Å². The quantitative estimate of drug-likeness (QED) is 0.593. The number of carbonyl (C=O) groups is 1. The zero-order chi connectivity index (χ0) is 18.0. The van der Waals surface area contributed by atoms with Gasteiger partial charge in [0.1, 0.15) is 17.6 Å². The van der Waals surface area contributed by atoms with Crippen LogP contribution in [0, 0.1) is 0 Å². The molecule has 1 aliphatic heterocycles. The van der Waals surface area contributed by atoms with Gasteiger partial charge in [0.25, 0.3) is 0 Å². The minimum atomic E-state index is -1.12. The van der Waals surface area contributed by atoms with Gasteiger partial charge in [0.2, 0.25) is 5.60 Å². The van der Waals surface area contributed by atoms with Gasteiger partial charge in [0.15, 0.2) is 0 Å². The Morgan fingerprint density at radius 2 is 1.48 bits per heavy atom. The molecule has 2 aromatic rings. The minimum Gasteiger partial charge on any atom is -0.497 e. The highest BCUT2D eigenvalue weighted by Crippen LogP contribution is 2.58. The lowest BCUT2D eigenvalue weighted by Gasteiger charge is -2.16. The predicted molar refractivity (Wildman–Crippen MR) is 92.7 cm³/mol. The summed E-state index contributed by atoms with van der Waals surface area (Å²) in [5.41, 5.74) is 0.530. The van der Waals surface area contributed by atoms with E-state index in [0.717, 1.165) is 22.6 Å². The number of benzene rings is 2. The summed E-state index contributed by atoms with van der Waals surface area (Å²) in [6.07, 6.45) is -0.610. The van der Waals surface area contributed by atoms with Gasteiger partial charge in [-0.15, -0.1) is 0 Å². The van der Waals surface area contributed by atoms with Crippen LogP contribution in [-0.2, 0) is 19.9 Å². The molecule has 0 aliphatic carbocycles. The molecular formula is C20H22O5. The Morgan fingerprint density at radius 3 is 1.96 bits per heavy atom. The Balaban J connectivity index is 1.94. The maximum atomic E-state index is 12.8. The summed E-state index contributed by atoms with van der Waals surface area (Å²) < 4.78 is 21.8. The van der Waals surface area contributed by atoms with Gasteiger partial charge in [-0.05, 0) is 49.2 Å². The van der Waals surface area contributed by atoms with Crippen LogP contribution in [0.2, 0.25) is 0 Å². The van der Waals surface area contributed by atoms with E-state index in [1.165, 1.54) is 0 Å². The van der Waals surface area contributed by atoms with Crippen molar-refractivity contribution in [1.29, 1.82) is 0 Å². The fraction of sp³-hybridized carbons (Fsp3) is 0.350. The summed E-state index contributed by atoms with van der Waals surface area (Å²) >= 11 is 0. The SMILES string of the molecule is COc1ccc(C2OC2(C(=O)OC(C)C)c2ccc(OC)cc2)cc1. The zero-order valence-corrected chi connectivity index (χ0v) is 14.8. The maximum Gasteiger partial charge on any atom is 0.346 e. The molecule has 5 heteroatoms. The van der Waals surface area contributed by atoms with E-state index in [0.29, 0.717) is 0 Å². The molecule has 1 saturated heterocycles. The molecule has 1 heterocycles. The first-order valence-corrected chi connectivity index (χ1v) is 8.18. The van der Waals surface area contributed by atoms with E-state index in [9.17, 15) is 4.79 Å². The molecule has 2 unspecified atom stereocenters. The van der Waals surface area contributed by atoms with Crippen molar-refractivity contribution in [2.75, 3.05) is 14.2 Å². The van der Waals surface area contributed by atoms with Gasteiger partial charge < -0.3 is 18.9 Å². The number of ether oxygens (including phenoxy) is 4. The second kappa shape index (κ2) is 6.76. The van der Waals surface area contributed by atoms with Crippen LogP contribution in [0.15, 0.2) is 48.5 Å².